The zero-order valence-corrected chi connectivity index (χ0v) is 13.3. The van der Waals surface area contributed by atoms with Crippen LogP contribution in [0.5, 0.6) is 5.75 Å². The molecule has 3 N–H and O–H groups in total. The monoisotopic (exact) mass is 328 g/mol. The summed E-state index contributed by atoms with van der Waals surface area (Å²) in [5.74, 6) is 2.93. The molecule has 8 heteroatoms. The Kier molecular flexibility index (Phi) is 3.19. The first kappa shape index (κ1) is 13.9. The molecular weight excluding hydrogens is 311 g/mol. The van der Waals surface area contributed by atoms with Gasteiger partial charge in [0.05, 0.1) is 6.20 Å². The van der Waals surface area contributed by atoms with Crippen molar-refractivity contribution in [3.05, 3.63) is 30.0 Å². The zero-order valence-electron chi connectivity index (χ0n) is 12.5. The topological polar surface area (TPSA) is 73.4 Å². The summed E-state index contributed by atoms with van der Waals surface area (Å²) < 4.78 is 11.3. The predicted molar refractivity (Wildman–Crippen MR) is 91.5 cm³/mol. The van der Waals surface area contributed by atoms with Gasteiger partial charge in [0.1, 0.15) is 11.4 Å². The van der Waals surface area contributed by atoms with E-state index < -0.39 is 7.12 Å². The number of hydrogen-bond acceptors (Lipinski definition) is 6. The highest BCUT2D eigenvalue weighted by atomic mass is 32.2. The van der Waals surface area contributed by atoms with Gasteiger partial charge in [-0.05, 0) is 30.5 Å². The maximum atomic E-state index is 10.0. The fraction of sp³-hybridized carbons (Fsp3) is 0.400. The second-order valence-electron chi connectivity index (χ2n) is 6.40. The van der Waals surface area contributed by atoms with Gasteiger partial charge in [-0.1, -0.05) is 0 Å². The van der Waals surface area contributed by atoms with Crippen LogP contribution in [0.1, 0.15) is 18.4 Å². The van der Waals surface area contributed by atoms with Crippen LogP contribution >= 0.6 is 12.1 Å². The summed E-state index contributed by atoms with van der Waals surface area (Å²) in [6, 6.07) is 2.73. The highest BCUT2D eigenvalue weighted by Gasteiger charge is 2.37. The largest absolute Gasteiger partial charge is 0.552 e. The van der Waals surface area contributed by atoms with E-state index in [9.17, 15) is 5.02 Å². The molecular formula is C15H17BN4O2S. The minimum atomic E-state index is -0.887. The number of nitrogens with one attached hydrogen (secondary N) is 2. The summed E-state index contributed by atoms with van der Waals surface area (Å²) in [6.45, 7) is 1.97. The summed E-state index contributed by atoms with van der Waals surface area (Å²) >= 11 is 1.73. The molecule has 0 bridgehead atoms. The molecule has 2 fully saturated rings. The number of fused-ring (bicyclic) bond motifs is 3. The van der Waals surface area contributed by atoms with Crippen LogP contribution in [0.15, 0.2) is 24.4 Å². The van der Waals surface area contributed by atoms with Crippen molar-refractivity contribution in [1.29, 1.82) is 0 Å². The Morgan fingerprint density at radius 1 is 1.43 bits per heavy atom. The molecule has 3 aliphatic rings. The van der Waals surface area contributed by atoms with E-state index >= 15 is 0 Å². The van der Waals surface area contributed by atoms with E-state index in [1.807, 2.05) is 18.2 Å². The van der Waals surface area contributed by atoms with Gasteiger partial charge in [0.15, 0.2) is 0 Å². The molecule has 0 aromatic carbocycles. The lowest BCUT2D eigenvalue weighted by Gasteiger charge is -2.40. The summed E-state index contributed by atoms with van der Waals surface area (Å²) in [5, 5.41) is 11.1. The lowest BCUT2D eigenvalue weighted by Crippen LogP contribution is -2.45. The molecule has 0 spiro atoms. The van der Waals surface area contributed by atoms with Crippen molar-refractivity contribution in [1.82, 2.24) is 19.0 Å². The average Bonchev–Trinajstić information content (AvgIpc) is 3.19. The van der Waals surface area contributed by atoms with Gasteiger partial charge in [-0.25, -0.2) is 14.0 Å². The number of nitrogens with zero attached hydrogens (tertiary/aromatic N) is 2. The average molecular weight is 328 g/mol. The van der Waals surface area contributed by atoms with Crippen molar-refractivity contribution < 1.29 is 9.68 Å². The van der Waals surface area contributed by atoms with Crippen LogP contribution in [0.2, 0.25) is 0 Å². The molecule has 2 aromatic rings. The van der Waals surface area contributed by atoms with Crippen LogP contribution in [0, 0.1) is 5.92 Å². The number of aromatic nitrogens is 2. The Hall–Kier alpha value is -1.48. The molecule has 23 heavy (non-hydrogen) atoms. The smallest absolute Gasteiger partial charge is 0.531 e. The van der Waals surface area contributed by atoms with E-state index in [2.05, 4.69) is 19.0 Å². The lowest BCUT2D eigenvalue weighted by atomic mass is 9.75. The van der Waals surface area contributed by atoms with Crippen molar-refractivity contribution >= 4 is 35.9 Å². The third-order valence-electron chi connectivity index (χ3n) is 4.62. The maximum Gasteiger partial charge on any atom is 0.552 e. The fourth-order valence-corrected chi connectivity index (χ4v) is 4.22. The first-order valence-electron chi connectivity index (χ1n) is 7.98. The van der Waals surface area contributed by atoms with E-state index in [0.717, 1.165) is 29.7 Å². The van der Waals surface area contributed by atoms with Gasteiger partial charge in [-0.15, -0.1) is 0 Å². The SMILES string of the molecule is OB1C=C(C2CN(SNC3CC3)C2)c2c(cnc3[nH]ccc23)O1. The Bertz CT molecular complexity index is 785. The molecule has 0 amide bonds. The minimum absolute atomic E-state index is 0.418. The van der Waals surface area contributed by atoms with Gasteiger partial charge in [0.25, 0.3) is 0 Å². The lowest BCUT2D eigenvalue weighted by molar-refractivity contribution is 0.272. The van der Waals surface area contributed by atoms with E-state index in [1.165, 1.54) is 18.4 Å². The van der Waals surface area contributed by atoms with Crippen LogP contribution in [0.25, 0.3) is 16.6 Å². The first-order valence-corrected chi connectivity index (χ1v) is 8.75. The van der Waals surface area contributed by atoms with Crippen molar-refractivity contribution in [2.75, 3.05) is 13.1 Å². The third-order valence-corrected chi connectivity index (χ3v) is 5.62. The maximum absolute atomic E-state index is 10.0. The van der Waals surface area contributed by atoms with Crippen molar-refractivity contribution in [3.8, 4) is 5.75 Å². The van der Waals surface area contributed by atoms with E-state index in [-0.39, 0.29) is 0 Å². The standard InChI is InChI=1S/C15H17BN4O2S/c21-16-5-12(9-7-20(8-9)23-19-10-1-2-10)14-11-3-4-17-15(11)18-6-13(14)22-16/h3-6,9-10,19,21H,1-2,7-8H2,(H,17,18). The second-order valence-corrected chi connectivity index (χ2v) is 7.33. The van der Waals surface area contributed by atoms with Gasteiger partial charge in [0, 0.05) is 54.3 Å². The van der Waals surface area contributed by atoms with Crippen molar-refractivity contribution in [3.63, 3.8) is 0 Å². The summed E-state index contributed by atoms with van der Waals surface area (Å²) in [6.07, 6.45) is 6.18. The van der Waals surface area contributed by atoms with Crippen LogP contribution in [0.3, 0.4) is 0 Å². The van der Waals surface area contributed by atoms with Gasteiger partial charge in [-0.3, -0.25) is 0 Å². The number of rotatable bonds is 4. The van der Waals surface area contributed by atoms with Gasteiger partial charge in [-0.2, -0.15) is 0 Å². The molecule has 5 rings (SSSR count). The number of H-pyrrole nitrogens is 1. The molecule has 4 heterocycles. The van der Waals surface area contributed by atoms with Crippen LogP contribution in [-0.4, -0.2) is 45.5 Å². The quantitative estimate of drug-likeness (QED) is 0.585. The molecule has 6 nitrogen and oxygen atoms in total. The number of hydrogen-bond donors (Lipinski definition) is 3. The van der Waals surface area contributed by atoms with Crippen molar-refractivity contribution in [2.45, 2.75) is 18.9 Å². The summed E-state index contributed by atoms with van der Waals surface area (Å²) in [5.41, 5.74) is 3.11. The Morgan fingerprint density at radius 3 is 3.13 bits per heavy atom. The third kappa shape index (κ3) is 2.46. The van der Waals surface area contributed by atoms with E-state index in [4.69, 9.17) is 4.65 Å². The molecule has 0 atom stereocenters. The summed E-state index contributed by atoms with van der Waals surface area (Å²) in [4.78, 5) is 7.50. The molecule has 1 aliphatic carbocycles. The van der Waals surface area contributed by atoms with Crippen LogP contribution in [-0.2, 0) is 0 Å². The highest BCUT2D eigenvalue weighted by molar-refractivity contribution is 7.95. The predicted octanol–water partition coefficient (Wildman–Crippen LogP) is 1.61. The molecule has 1 saturated carbocycles. The summed E-state index contributed by atoms with van der Waals surface area (Å²) in [7, 11) is -0.887. The zero-order chi connectivity index (χ0) is 15.4. The Balaban J connectivity index is 1.41. The minimum Gasteiger partial charge on any atom is -0.531 e. The van der Waals surface area contributed by atoms with Crippen LogP contribution < -0.4 is 9.38 Å². The molecule has 0 unspecified atom stereocenters. The first-order chi connectivity index (χ1) is 11.3. The Labute approximate surface area is 138 Å². The van der Waals surface area contributed by atoms with Crippen molar-refractivity contribution in [2.24, 2.45) is 5.92 Å². The van der Waals surface area contributed by atoms with E-state index in [1.54, 1.807) is 18.3 Å². The highest BCUT2D eigenvalue weighted by Crippen LogP contribution is 2.43. The molecule has 118 valence electrons. The molecule has 1 saturated heterocycles. The van der Waals surface area contributed by atoms with Gasteiger partial charge < -0.3 is 14.7 Å². The Morgan fingerprint density at radius 2 is 2.30 bits per heavy atom. The van der Waals surface area contributed by atoms with Gasteiger partial charge in [0.2, 0.25) is 0 Å². The van der Waals surface area contributed by atoms with Gasteiger partial charge >= 0.3 is 7.12 Å². The fourth-order valence-electron chi connectivity index (χ4n) is 3.18. The van der Waals surface area contributed by atoms with E-state index in [0.29, 0.717) is 17.7 Å². The molecule has 2 aromatic heterocycles. The molecule has 0 radical (unpaired) electrons. The molecule has 2 aliphatic heterocycles. The van der Waals surface area contributed by atoms with Crippen LogP contribution in [0.4, 0.5) is 0 Å². The number of aromatic amines is 1. The second kappa shape index (κ2) is 5.27. The normalized spacial score (nSPS) is 21.8. The number of pyridine rings is 1.